The first-order valence-corrected chi connectivity index (χ1v) is 11.2. The largest absolute Gasteiger partial charge is 0.487 e. The summed E-state index contributed by atoms with van der Waals surface area (Å²) >= 11 is 0. The van der Waals surface area contributed by atoms with Gasteiger partial charge < -0.3 is 10.1 Å². The molecule has 1 heterocycles. The van der Waals surface area contributed by atoms with Gasteiger partial charge in [0.15, 0.2) is 0 Å². The van der Waals surface area contributed by atoms with Crippen LogP contribution in [0.2, 0.25) is 0 Å². The van der Waals surface area contributed by atoms with E-state index < -0.39 is 51.4 Å². The Balaban J connectivity index is 1.87. The minimum atomic E-state index is -3.99. The van der Waals surface area contributed by atoms with Gasteiger partial charge in [0.05, 0.1) is 18.0 Å². The first-order chi connectivity index (χ1) is 13.9. The van der Waals surface area contributed by atoms with Gasteiger partial charge in [-0.15, -0.1) is 0 Å². The summed E-state index contributed by atoms with van der Waals surface area (Å²) in [5.41, 5.74) is 0.848. The molecular weight excluding hydrogens is 414 g/mol. The monoisotopic (exact) mass is 438 g/mol. The number of rotatable bonds is 5. The van der Waals surface area contributed by atoms with Crippen LogP contribution in [-0.2, 0) is 14.8 Å². The standard InChI is InChI=1S/C21H24F2N2O4S/c1-13-5-8-19-15(9-13)17(11-21(2,3)29-19)24-20(26)12-25(30(4,27)28)18-7-6-14(22)10-16(18)23/h5-10,17H,11-12H2,1-4H3,(H,24,26)/t17-/m1/s1. The molecule has 3 rings (SSSR count). The molecular formula is C21H24F2N2O4S. The smallest absolute Gasteiger partial charge is 0.241 e. The third-order valence-corrected chi connectivity index (χ3v) is 5.95. The van der Waals surface area contributed by atoms with Crippen LogP contribution >= 0.6 is 0 Å². The Bertz CT molecular complexity index is 1090. The third-order valence-electron chi connectivity index (χ3n) is 4.82. The number of benzene rings is 2. The predicted octanol–water partition coefficient (Wildman–Crippen LogP) is 3.46. The van der Waals surface area contributed by atoms with Crippen molar-refractivity contribution in [3.05, 3.63) is 59.2 Å². The molecule has 30 heavy (non-hydrogen) atoms. The van der Waals surface area contributed by atoms with E-state index in [0.717, 1.165) is 29.5 Å². The molecule has 0 aromatic heterocycles. The van der Waals surface area contributed by atoms with Crippen LogP contribution < -0.4 is 14.4 Å². The zero-order valence-corrected chi connectivity index (χ0v) is 18.0. The molecule has 0 saturated carbocycles. The van der Waals surface area contributed by atoms with Gasteiger partial charge in [0, 0.05) is 18.1 Å². The maximum Gasteiger partial charge on any atom is 0.241 e. The van der Waals surface area contributed by atoms with Gasteiger partial charge in [-0.25, -0.2) is 17.2 Å². The molecule has 0 unspecified atom stereocenters. The van der Waals surface area contributed by atoms with Crippen molar-refractivity contribution in [3.8, 4) is 5.75 Å². The number of nitrogens with one attached hydrogen (secondary N) is 1. The van der Waals surface area contributed by atoms with Crippen molar-refractivity contribution in [2.24, 2.45) is 0 Å². The molecule has 1 N–H and O–H groups in total. The number of fused-ring (bicyclic) bond motifs is 1. The molecule has 0 bridgehead atoms. The lowest BCUT2D eigenvalue weighted by Crippen LogP contribution is -2.45. The van der Waals surface area contributed by atoms with Crippen molar-refractivity contribution < 1.29 is 26.7 Å². The van der Waals surface area contributed by atoms with Crippen molar-refractivity contribution in [2.75, 3.05) is 17.1 Å². The first-order valence-electron chi connectivity index (χ1n) is 9.37. The van der Waals surface area contributed by atoms with Gasteiger partial charge >= 0.3 is 0 Å². The van der Waals surface area contributed by atoms with Gasteiger partial charge in [0.25, 0.3) is 0 Å². The van der Waals surface area contributed by atoms with Gasteiger partial charge in [0.1, 0.15) is 29.5 Å². The number of carbonyl (C=O) groups is 1. The third kappa shape index (κ3) is 4.89. The number of halogens is 2. The number of sulfonamides is 1. The number of ether oxygens (including phenoxy) is 1. The minimum Gasteiger partial charge on any atom is -0.487 e. The van der Waals surface area contributed by atoms with Crippen LogP contribution in [0.1, 0.15) is 37.4 Å². The molecule has 0 radical (unpaired) electrons. The van der Waals surface area contributed by atoms with E-state index in [-0.39, 0.29) is 0 Å². The quantitative estimate of drug-likeness (QED) is 0.776. The average Bonchev–Trinajstić information content (AvgIpc) is 2.59. The highest BCUT2D eigenvalue weighted by molar-refractivity contribution is 7.92. The van der Waals surface area contributed by atoms with Crippen LogP contribution in [0.25, 0.3) is 0 Å². The summed E-state index contributed by atoms with van der Waals surface area (Å²) in [5.74, 6) is -1.88. The molecule has 9 heteroatoms. The molecule has 2 aromatic rings. The number of amides is 1. The SMILES string of the molecule is Cc1ccc2c(c1)[C@H](NC(=O)CN(c1ccc(F)cc1F)S(C)(=O)=O)CC(C)(C)O2. The number of hydrogen-bond donors (Lipinski definition) is 1. The molecule has 0 spiro atoms. The van der Waals surface area contributed by atoms with Gasteiger partial charge in [0.2, 0.25) is 15.9 Å². The second kappa shape index (κ2) is 7.86. The van der Waals surface area contributed by atoms with Crippen molar-refractivity contribution in [1.82, 2.24) is 5.32 Å². The van der Waals surface area contributed by atoms with E-state index in [0.29, 0.717) is 22.5 Å². The Morgan fingerprint density at radius 2 is 1.93 bits per heavy atom. The number of anilines is 1. The molecule has 0 aliphatic carbocycles. The second-order valence-electron chi connectivity index (χ2n) is 8.09. The number of nitrogens with zero attached hydrogens (tertiary/aromatic N) is 1. The summed E-state index contributed by atoms with van der Waals surface area (Å²) in [4.78, 5) is 12.8. The molecule has 0 saturated heterocycles. The molecule has 1 amide bonds. The van der Waals surface area contributed by atoms with Crippen LogP contribution in [0.4, 0.5) is 14.5 Å². The number of carbonyl (C=O) groups excluding carboxylic acids is 1. The van der Waals surface area contributed by atoms with E-state index in [1.54, 1.807) is 0 Å². The van der Waals surface area contributed by atoms with E-state index in [9.17, 15) is 22.0 Å². The fraction of sp³-hybridized carbons (Fsp3) is 0.381. The highest BCUT2D eigenvalue weighted by Crippen LogP contribution is 2.39. The number of aryl methyl sites for hydroxylation is 1. The summed E-state index contributed by atoms with van der Waals surface area (Å²) < 4.78 is 58.4. The fourth-order valence-electron chi connectivity index (χ4n) is 3.54. The predicted molar refractivity (Wildman–Crippen MR) is 110 cm³/mol. The topological polar surface area (TPSA) is 75.7 Å². The Morgan fingerprint density at radius 1 is 1.23 bits per heavy atom. The van der Waals surface area contributed by atoms with E-state index in [2.05, 4.69) is 5.32 Å². The van der Waals surface area contributed by atoms with Crippen molar-refractivity contribution in [2.45, 2.75) is 38.8 Å². The minimum absolute atomic E-state index is 0.391. The molecule has 1 aliphatic heterocycles. The fourth-order valence-corrected chi connectivity index (χ4v) is 4.39. The summed E-state index contributed by atoms with van der Waals surface area (Å²) in [7, 11) is -3.99. The van der Waals surface area contributed by atoms with Crippen LogP contribution in [0, 0.1) is 18.6 Å². The van der Waals surface area contributed by atoms with Crippen LogP contribution in [0.3, 0.4) is 0 Å². The van der Waals surface area contributed by atoms with Gasteiger partial charge in [-0.05, 0) is 39.0 Å². The number of hydrogen-bond acceptors (Lipinski definition) is 4. The first kappa shape index (κ1) is 22.0. The van der Waals surface area contributed by atoms with E-state index >= 15 is 0 Å². The maximum absolute atomic E-state index is 14.2. The average molecular weight is 438 g/mol. The Morgan fingerprint density at radius 3 is 2.57 bits per heavy atom. The zero-order chi connectivity index (χ0) is 22.3. The summed E-state index contributed by atoms with van der Waals surface area (Å²) in [6.07, 6.45) is 1.33. The lowest BCUT2D eigenvalue weighted by Gasteiger charge is -2.38. The van der Waals surface area contributed by atoms with E-state index in [4.69, 9.17) is 4.74 Å². The highest BCUT2D eigenvalue weighted by atomic mass is 32.2. The molecule has 6 nitrogen and oxygen atoms in total. The highest BCUT2D eigenvalue weighted by Gasteiger charge is 2.35. The lowest BCUT2D eigenvalue weighted by molar-refractivity contribution is -0.120. The maximum atomic E-state index is 14.2. The normalized spacial score (nSPS) is 17.6. The van der Waals surface area contributed by atoms with E-state index in [1.807, 2.05) is 39.0 Å². The Kier molecular flexibility index (Phi) is 5.77. The summed E-state index contributed by atoms with van der Waals surface area (Å²) in [6, 6.07) is 7.75. The van der Waals surface area contributed by atoms with Crippen LogP contribution in [0.15, 0.2) is 36.4 Å². The summed E-state index contributed by atoms with van der Waals surface area (Å²) in [6.45, 7) is 5.07. The zero-order valence-electron chi connectivity index (χ0n) is 17.2. The van der Waals surface area contributed by atoms with Crippen molar-refractivity contribution in [3.63, 3.8) is 0 Å². The van der Waals surface area contributed by atoms with Crippen molar-refractivity contribution in [1.29, 1.82) is 0 Å². The van der Waals surface area contributed by atoms with Gasteiger partial charge in [-0.1, -0.05) is 17.7 Å². The molecule has 0 fully saturated rings. The van der Waals surface area contributed by atoms with Crippen molar-refractivity contribution >= 4 is 21.6 Å². The van der Waals surface area contributed by atoms with Crippen LogP contribution in [-0.4, -0.2) is 32.7 Å². The summed E-state index contributed by atoms with van der Waals surface area (Å²) in [5, 5.41) is 2.84. The Hall–Kier alpha value is -2.68. The van der Waals surface area contributed by atoms with Gasteiger partial charge in [-0.3, -0.25) is 9.10 Å². The van der Waals surface area contributed by atoms with Crippen LogP contribution in [0.5, 0.6) is 5.75 Å². The molecule has 1 atom stereocenters. The van der Waals surface area contributed by atoms with Gasteiger partial charge in [-0.2, -0.15) is 0 Å². The lowest BCUT2D eigenvalue weighted by atomic mass is 9.89. The van der Waals surface area contributed by atoms with E-state index in [1.165, 1.54) is 0 Å². The second-order valence-corrected chi connectivity index (χ2v) is 10.00. The molecule has 162 valence electrons. The molecule has 2 aromatic carbocycles. The Labute approximate surface area is 174 Å². The molecule has 1 aliphatic rings.